The van der Waals surface area contributed by atoms with Gasteiger partial charge in [0.25, 0.3) is 5.91 Å². The number of hydrogen-bond acceptors (Lipinski definition) is 7. The number of benzene rings is 1. The molecule has 27 heavy (non-hydrogen) atoms. The van der Waals surface area contributed by atoms with E-state index in [0.717, 1.165) is 29.9 Å². The summed E-state index contributed by atoms with van der Waals surface area (Å²) in [4.78, 5) is 23.2. The lowest BCUT2D eigenvalue weighted by atomic mass is 10.0. The molecule has 0 spiro atoms. The third-order valence-electron chi connectivity index (χ3n) is 4.60. The number of carbonyl (C=O) groups excluding carboxylic acids is 1. The van der Waals surface area contributed by atoms with Crippen molar-refractivity contribution in [1.82, 2.24) is 14.9 Å². The molecule has 0 N–H and O–H groups in total. The second kappa shape index (κ2) is 8.11. The van der Waals surface area contributed by atoms with Crippen LogP contribution in [0.1, 0.15) is 34.9 Å². The number of carbonyl (C=O) groups is 1. The summed E-state index contributed by atoms with van der Waals surface area (Å²) in [5.41, 5.74) is 1.14. The van der Waals surface area contributed by atoms with Crippen LogP contribution in [0.5, 0.6) is 23.4 Å². The number of methoxy groups -OCH3 is 4. The first kappa shape index (κ1) is 18.8. The third-order valence-corrected chi connectivity index (χ3v) is 4.60. The third kappa shape index (κ3) is 3.74. The number of amides is 1. The Bertz CT molecular complexity index is 805. The molecule has 0 saturated carbocycles. The van der Waals surface area contributed by atoms with Crippen LogP contribution in [0.25, 0.3) is 0 Å². The van der Waals surface area contributed by atoms with Crippen LogP contribution in [0.3, 0.4) is 0 Å². The fourth-order valence-electron chi connectivity index (χ4n) is 3.29. The lowest BCUT2D eigenvalue weighted by Gasteiger charge is -2.26. The molecular weight excluding hydrogens is 350 g/mol. The fourth-order valence-corrected chi connectivity index (χ4v) is 3.29. The highest BCUT2D eigenvalue weighted by atomic mass is 16.5. The van der Waals surface area contributed by atoms with Crippen LogP contribution in [0.2, 0.25) is 0 Å². The molecular formula is C19H23N3O5. The second-order valence-electron chi connectivity index (χ2n) is 6.05. The molecule has 8 nitrogen and oxygen atoms in total. The van der Waals surface area contributed by atoms with Crippen LogP contribution in [-0.4, -0.2) is 55.8 Å². The summed E-state index contributed by atoms with van der Waals surface area (Å²) in [5, 5.41) is 0. The van der Waals surface area contributed by atoms with E-state index >= 15 is 0 Å². The van der Waals surface area contributed by atoms with Gasteiger partial charge in [-0.25, -0.2) is 0 Å². The van der Waals surface area contributed by atoms with Crippen LogP contribution >= 0.6 is 0 Å². The molecule has 1 aromatic heterocycles. The minimum Gasteiger partial charge on any atom is -0.497 e. The molecule has 1 aliphatic heterocycles. The maximum Gasteiger partial charge on any atom is 0.320 e. The quantitative estimate of drug-likeness (QED) is 0.769. The van der Waals surface area contributed by atoms with E-state index in [0.29, 0.717) is 6.54 Å². The summed E-state index contributed by atoms with van der Waals surface area (Å²) in [6.45, 7) is 0.624. The van der Waals surface area contributed by atoms with Gasteiger partial charge in [-0.3, -0.25) is 4.79 Å². The van der Waals surface area contributed by atoms with Crippen molar-refractivity contribution in [3.63, 3.8) is 0 Å². The Morgan fingerprint density at radius 3 is 2.52 bits per heavy atom. The van der Waals surface area contributed by atoms with Gasteiger partial charge < -0.3 is 23.8 Å². The SMILES string of the molecule is COc1ccc(OC)c([C@H]2CCCN2C(=O)c2cc(OC)nc(OC)n2)c1. The number of hydrogen-bond donors (Lipinski definition) is 0. The average Bonchev–Trinajstić information content (AvgIpc) is 3.21. The Labute approximate surface area is 158 Å². The van der Waals surface area contributed by atoms with Crippen LogP contribution in [0.4, 0.5) is 0 Å². The predicted molar refractivity (Wildman–Crippen MR) is 97.7 cm³/mol. The molecule has 1 atom stereocenters. The van der Waals surface area contributed by atoms with Gasteiger partial charge in [-0.1, -0.05) is 0 Å². The molecule has 1 aromatic carbocycles. The molecule has 0 aliphatic carbocycles. The van der Waals surface area contributed by atoms with E-state index in [4.69, 9.17) is 18.9 Å². The molecule has 3 rings (SSSR count). The number of nitrogens with zero attached hydrogens (tertiary/aromatic N) is 3. The van der Waals surface area contributed by atoms with E-state index in [9.17, 15) is 4.79 Å². The minimum absolute atomic E-state index is 0.0902. The molecule has 1 saturated heterocycles. The predicted octanol–water partition coefficient (Wildman–Crippen LogP) is 2.49. The molecule has 8 heteroatoms. The van der Waals surface area contributed by atoms with Crippen molar-refractivity contribution in [3.05, 3.63) is 35.5 Å². The van der Waals surface area contributed by atoms with Gasteiger partial charge in [0.1, 0.15) is 17.2 Å². The van der Waals surface area contributed by atoms with Crippen molar-refractivity contribution in [2.24, 2.45) is 0 Å². The molecule has 0 radical (unpaired) electrons. The first-order valence-corrected chi connectivity index (χ1v) is 8.61. The van der Waals surface area contributed by atoms with E-state index in [1.54, 1.807) is 19.1 Å². The van der Waals surface area contributed by atoms with Crippen molar-refractivity contribution in [2.45, 2.75) is 18.9 Å². The van der Waals surface area contributed by atoms with Crippen LogP contribution in [0, 0.1) is 0 Å². The van der Waals surface area contributed by atoms with Crippen molar-refractivity contribution in [1.29, 1.82) is 0 Å². The number of ether oxygens (including phenoxy) is 4. The topological polar surface area (TPSA) is 83.0 Å². The number of aromatic nitrogens is 2. The highest BCUT2D eigenvalue weighted by molar-refractivity contribution is 5.93. The molecule has 2 heterocycles. The monoisotopic (exact) mass is 373 g/mol. The van der Waals surface area contributed by atoms with E-state index in [1.165, 1.54) is 20.3 Å². The maximum atomic E-state index is 13.2. The molecule has 0 bridgehead atoms. The average molecular weight is 373 g/mol. The Morgan fingerprint density at radius 1 is 1.04 bits per heavy atom. The van der Waals surface area contributed by atoms with E-state index in [2.05, 4.69) is 9.97 Å². The molecule has 2 aromatic rings. The molecule has 0 unspecified atom stereocenters. The highest BCUT2D eigenvalue weighted by Gasteiger charge is 2.34. The van der Waals surface area contributed by atoms with Crippen molar-refractivity contribution >= 4 is 5.91 Å². The molecule has 1 amide bonds. The number of rotatable bonds is 6. The Hall–Kier alpha value is -3.03. The summed E-state index contributed by atoms with van der Waals surface area (Å²) in [7, 11) is 6.16. The Morgan fingerprint density at radius 2 is 1.85 bits per heavy atom. The van der Waals surface area contributed by atoms with Gasteiger partial charge in [-0.2, -0.15) is 9.97 Å². The lowest BCUT2D eigenvalue weighted by Crippen LogP contribution is -2.31. The van der Waals surface area contributed by atoms with Gasteiger partial charge >= 0.3 is 6.01 Å². The zero-order chi connectivity index (χ0) is 19.4. The summed E-state index contributed by atoms with van der Waals surface area (Å²) >= 11 is 0. The standard InChI is InChI=1S/C19H23N3O5/c1-24-12-7-8-16(25-2)13(10-12)15-6-5-9-22(15)18(23)14-11-17(26-3)21-19(20-14)27-4/h7-8,10-11,15H,5-6,9H2,1-4H3/t15-/m1/s1. The first-order valence-electron chi connectivity index (χ1n) is 8.61. The molecule has 144 valence electrons. The Balaban J connectivity index is 1.96. The van der Waals surface area contributed by atoms with Crippen LogP contribution < -0.4 is 18.9 Å². The summed E-state index contributed by atoms with van der Waals surface area (Å²) < 4.78 is 21.1. The van der Waals surface area contributed by atoms with Gasteiger partial charge in [-0.05, 0) is 31.0 Å². The Kier molecular flexibility index (Phi) is 5.63. The van der Waals surface area contributed by atoms with Gasteiger partial charge in [0.2, 0.25) is 5.88 Å². The highest BCUT2D eigenvalue weighted by Crippen LogP contribution is 2.39. The fraction of sp³-hybridized carbons (Fsp3) is 0.421. The van der Waals surface area contributed by atoms with E-state index in [-0.39, 0.29) is 29.5 Å². The molecule has 1 aliphatic rings. The maximum absolute atomic E-state index is 13.2. The summed E-state index contributed by atoms with van der Waals surface area (Å²) in [6, 6.07) is 7.08. The van der Waals surface area contributed by atoms with E-state index < -0.39 is 0 Å². The van der Waals surface area contributed by atoms with Crippen molar-refractivity contribution in [3.8, 4) is 23.4 Å². The lowest BCUT2D eigenvalue weighted by molar-refractivity contribution is 0.0726. The largest absolute Gasteiger partial charge is 0.497 e. The van der Waals surface area contributed by atoms with E-state index in [1.807, 2.05) is 18.2 Å². The minimum atomic E-state index is -0.207. The number of likely N-dealkylation sites (tertiary alicyclic amines) is 1. The first-order chi connectivity index (χ1) is 13.1. The van der Waals surface area contributed by atoms with Gasteiger partial charge in [-0.15, -0.1) is 0 Å². The van der Waals surface area contributed by atoms with Gasteiger partial charge in [0.15, 0.2) is 0 Å². The van der Waals surface area contributed by atoms with Gasteiger partial charge in [0, 0.05) is 18.2 Å². The van der Waals surface area contributed by atoms with Crippen molar-refractivity contribution in [2.75, 3.05) is 35.0 Å². The second-order valence-corrected chi connectivity index (χ2v) is 6.05. The van der Waals surface area contributed by atoms with Crippen LogP contribution in [0.15, 0.2) is 24.3 Å². The zero-order valence-corrected chi connectivity index (χ0v) is 15.9. The normalized spacial score (nSPS) is 16.1. The van der Waals surface area contributed by atoms with Crippen LogP contribution in [-0.2, 0) is 0 Å². The summed E-state index contributed by atoms with van der Waals surface area (Å²) in [6.07, 6.45) is 1.71. The van der Waals surface area contributed by atoms with Gasteiger partial charge in [0.05, 0.1) is 34.5 Å². The summed E-state index contributed by atoms with van der Waals surface area (Å²) in [5.74, 6) is 1.51. The van der Waals surface area contributed by atoms with Crippen molar-refractivity contribution < 1.29 is 23.7 Å². The smallest absolute Gasteiger partial charge is 0.320 e. The zero-order valence-electron chi connectivity index (χ0n) is 15.9. The molecule has 1 fully saturated rings.